The van der Waals surface area contributed by atoms with Crippen LogP contribution in [-0.4, -0.2) is 44.3 Å². The van der Waals surface area contributed by atoms with Crippen LogP contribution in [0.3, 0.4) is 0 Å². The number of hydrogen-bond acceptors (Lipinski definition) is 4. The monoisotopic (exact) mass is 515 g/mol. The summed E-state index contributed by atoms with van der Waals surface area (Å²) in [4.78, 5) is 26.9. The highest BCUT2D eigenvalue weighted by atomic mass is 28.4. The molecule has 194 valence electrons. The molecule has 5 nitrogen and oxygen atoms in total. The standard InChI is InChI=1S/C31H37NO4Si/c1-24(33)36-29-20-26(22-32(30(29)34)21-25-14-8-5-9-15-25)23-35-37(31(2,3)4,27-16-10-6-11-17-27)28-18-12-7-13-19-28/h5-19,26,29H,20-23H2,1-4H3. The first kappa shape index (κ1) is 26.8. The molecule has 0 N–H and O–H groups in total. The summed E-state index contributed by atoms with van der Waals surface area (Å²) in [6.07, 6.45) is -0.329. The number of hydrogen-bond donors (Lipinski definition) is 0. The maximum atomic E-state index is 13.2. The van der Waals surface area contributed by atoms with Gasteiger partial charge >= 0.3 is 5.97 Å². The number of esters is 1. The van der Waals surface area contributed by atoms with Crippen molar-refractivity contribution in [2.45, 2.75) is 51.8 Å². The van der Waals surface area contributed by atoms with E-state index in [4.69, 9.17) is 9.16 Å². The van der Waals surface area contributed by atoms with E-state index in [1.807, 2.05) is 47.4 Å². The van der Waals surface area contributed by atoms with Crippen molar-refractivity contribution >= 4 is 30.6 Å². The number of likely N-dealkylation sites (tertiary alicyclic amines) is 1. The zero-order chi connectivity index (χ0) is 26.5. The van der Waals surface area contributed by atoms with E-state index in [9.17, 15) is 9.59 Å². The van der Waals surface area contributed by atoms with Crippen molar-refractivity contribution in [1.29, 1.82) is 0 Å². The molecule has 2 atom stereocenters. The highest BCUT2D eigenvalue weighted by Gasteiger charge is 2.51. The van der Waals surface area contributed by atoms with E-state index in [0.717, 1.165) is 5.56 Å². The van der Waals surface area contributed by atoms with Crippen LogP contribution in [0.2, 0.25) is 5.04 Å². The summed E-state index contributed by atoms with van der Waals surface area (Å²) in [5, 5.41) is 2.30. The Balaban J connectivity index is 1.65. The number of piperidine rings is 1. The van der Waals surface area contributed by atoms with E-state index >= 15 is 0 Å². The molecule has 0 spiro atoms. The predicted molar refractivity (Wildman–Crippen MR) is 149 cm³/mol. The predicted octanol–water partition coefficient (Wildman–Crippen LogP) is 4.54. The molecule has 1 heterocycles. The molecule has 37 heavy (non-hydrogen) atoms. The summed E-state index contributed by atoms with van der Waals surface area (Å²) in [7, 11) is -2.71. The maximum Gasteiger partial charge on any atom is 0.303 e. The van der Waals surface area contributed by atoms with Crippen molar-refractivity contribution < 1.29 is 18.8 Å². The molecule has 0 saturated carbocycles. The van der Waals surface area contributed by atoms with Gasteiger partial charge in [0.15, 0.2) is 6.10 Å². The van der Waals surface area contributed by atoms with E-state index < -0.39 is 20.4 Å². The van der Waals surface area contributed by atoms with Gasteiger partial charge in [-0.05, 0) is 21.0 Å². The van der Waals surface area contributed by atoms with E-state index in [0.29, 0.717) is 26.1 Å². The lowest BCUT2D eigenvalue weighted by Gasteiger charge is -2.45. The van der Waals surface area contributed by atoms with Crippen LogP contribution < -0.4 is 10.4 Å². The summed E-state index contributed by atoms with van der Waals surface area (Å²) in [6, 6.07) is 31.0. The third kappa shape index (κ3) is 6.03. The van der Waals surface area contributed by atoms with Gasteiger partial charge in [0, 0.05) is 39.0 Å². The smallest absolute Gasteiger partial charge is 0.303 e. The first-order valence-corrected chi connectivity index (χ1v) is 14.9. The number of carbonyl (C=O) groups excluding carboxylic acids is 2. The minimum absolute atomic E-state index is 0.0346. The second kappa shape index (κ2) is 11.4. The molecule has 0 radical (unpaired) electrons. The summed E-state index contributed by atoms with van der Waals surface area (Å²) < 4.78 is 12.6. The van der Waals surface area contributed by atoms with Gasteiger partial charge in [0.25, 0.3) is 14.2 Å². The number of rotatable bonds is 8. The lowest BCUT2D eigenvalue weighted by molar-refractivity contribution is -0.164. The molecule has 1 aliphatic heterocycles. The summed E-state index contributed by atoms with van der Waals surface area (Å²) >= 11 is 0. The molecular formula is C31H37NO4Si. The Kier molecular flexibility index (Phi) is 8.30. The average molecular weight is 516 g/mol. The van der Waals surface area contributed by atoms with Crippen molar-refractivity contribution in [2.24, 2.45) is 5.92 Å². The Labute approximate surface area is 221 Å². The lowest BCUT2D eigenvalue weighted by Crippen LogP contribution is -2.67. The van der Waals surface area contributed by atoms with E-state index in [1.54, 1.807) is 0 Å². The van der Waals surface area contributed by atoms with Crippen molar-refractivity contribution in [3.8, 4) is 0 Å². The SMILES string of the molecule is CC(=O)OC1CC(CO[Si](c2ccccc2)(c2ccccc2)C(C)(C)C)CN(Cc2ccccc2)C1=O. The second-order valence-corrected chi connectivity index (χ2v) is 15.2. The fraction of sp³-hybridized carbons (Fsp3) is 0.355. The van der Waals surface area contributed by atoms with Crippen molar-refractivity contribution in [1.82, 2.24) is 4.90 Å². The van der Waals surface area contributed by atoms with Gasteiger partial charge in [-0.2, -0.15) is 0 Å². The fourth-order valence-corrected chi connectivity index (χ4v) is 10.1. The zero-order valence-electron chi connectivity index (χ0n) is 22.2. The van der Waals surface area contributed by atoms with Gasteiger partial charge in [-0.25, -0.2) is 0 Å². The molecular weight excluding hydrogens is 478 g/mol. The molecule has 0 aliphatic carbocycles. The van der Waals surface area contributed by atoms with Gasteiger partial charge in [-0.15, -0.1) is 0 Å². The molecule has 1 aliphatic rings. The summed E-state index contributed by atoms with van der Waals surface area (Å²) in [6.45, 7) is 9.64. The Morgan fingerprint density at radius 3 is 1.89 bits per heavy atom. The summed E-state index contributed by atoms with van der Waals surface area (Å²) in [5.41, 5.74) is 1.05. The van der Waals surface area contributed by atoms with E-state index in [2.05, 4.69) is 69.3 Å². The Hall–Kier alpha value is -3.22. The van der Waals surface area contributed by atoms with Gasteiger partial charge < -0.3 is 14.1 Å². The molecule has 1 amide bonds. The first-order valence-electron chi connectivity index (χ1n) is 13.0. The van der Waals surface area contributed by atoms with Crippen molar-refractivity contribution in [3.63, 3.8) is 0 Å². The van der Waals surface area contributed by atoms with E-state index in [1.165, 1.54) is 17.3 Å². The fourth-order valence-electron chi connectivity index (χ4n) is 5.45. The maximum absolute atomic E-state index is 13.2. The van der Waals surface area contributed by atoms with Crippen LogP contribution >= 0.6 is 0 Å². The number of nitrogens with zero attached hydrogens (tertiary/aromatic N) is 1. The number of ether oxygens (including phenoxy) is 1. The third-order valence-electron chi connectivity index (χ3n) is 7.09. The molecule has 2 unspecified atom stereocenters. The minimum atomic E-state index is -2.71. The average Bonchev–Trinajstić information content (AvgIpc) is 2.88. The zero-order valence-corrected chi connectivity index (χ0v) is 23.2. The molecule has 3 aromatic carbocycles. The number of benzene rings is 3. The Morgan fingerprint density at radius 1 is 0.892 bits per heavy atom. The second-order valence-electron chi connectivity index (χ2n) is 10.9. The van der Waals surface area contributed by atoms with Crippen molar-refractivity contribution in [3.05, 3.63) is 96.6 Å². The quantitative estimate of drug-likeness (QED) is 0.326. The number of carbonyl (C=O) groups is 2. The minimum Gasteiger partial charge on any atom is -0.452 e. The normalized spacial score (nSPS) is 18.5. The third-order valence-corrected chi connectivity index (χ3v) is 12.1. The Bertz CT molecular complexity index is 1140. The molecule has 0 bridgehead atoms. The molecule has 6 heteroatoms. The topological polar surface area (TPSA) is 55.8 Å². The van der Waals surface area contributed by atoms with Crippen LogP contribution in [0.5, 0.6) is 0 Å². The lowest BCUT2D eigenvalue weighted by atomic mass is 9.95. The van der Waals surface area contributed by atoms with Gasteiger partial charge in [0.2, 0.25) is 0 Å². The largest absolute Gasteiger partial charge is 0.452 e. The molecule has 1 saturated heterocycles. The molecule has 4 rings (SSSR count). The van der Waals surface area contributed by atoms with Crippen molar-refractivity contribution in [2.75, 3.05) is 13.2 Å². The first-order chi connectivity index (χ1) is 17.7. The van der Waals surface area contributed by atoms with Crippen LogP contribution in [0, 0.1) is 5.92 Å². The number of amides is 1. The van der Waals surface area contributed by atoms with Gasteiger partial charge in [-0.3, -0.25) is 9.59 Å². The van der Waals surface area contributed by atoms with Gasteiger partial charge in [0.05, 0.1) is 0 Å². The van der Waals surface area contributed by atoms with Gasteiger partial charge in [-0.1, -0.05) is 112 Å². The highest BCUT2D eigenvalue weighted by molar-refractivity contribution is 6.99. The van der Waals surface area contributed by atoms with Crippen LogP contribution in [-0.2, 0) is 25.3 Å². The molecule has 0 aromatic heterocycles. The van der Waals surface area contributed by atoms with Gasteiger partial charge in [0.1, 0.15) is 0 Å². The van der Waals surface area contributed by atoms with Crippen LogP contribution in [0.15, 0.2) is 91.0 Å². The van der Waals surface area contributed by atoms with E-state index in [-0.39, 0.29) is 16.9 Å². The van der Waals surface area contributed by atoms with Crippen LogP contribution in [0.1, 0.15) is 39.7 Å². The van der Waals surface area contributed by atoms with Crippen LogP contribution in [0.4, 0.5) is 0 Å². The van der Waals surface area contributed by atoms with Crippen LogP contribution in [0.25, 0.3) is 0 Å². The Morgan fingerprint density at radius 2 is 1.41 bits per heavy atom. The highest BCUT2D eigenvalue weighted by Crippen LogP contribution is 2.37. The summed E-state index contributed by atoms with van der Waals surface area (Å²) in [5.74, 6) is -0.542. The molecule has 1 fully saturated rings. The molecule has 3 aromatic rings.